The van der Waals surface area contributed by atoms with Gasteiger partial charge in [-0.3, -0.25) is 25.3 Å². The number of hydrogen-bond donors (Lipinski definition) is 10. The Morgan fingerprint density at radius 2 is 0.781 bits per heavy atom. The number of carbonyl (C=O) groups excluding carboxylic acids is 2. The summed E-state index contributed by atoms with van der Waals surface area (Å²) in [6, 6.07) is 79.6. The highest BCUT2D eigenvalue weighted by Gasteiger charge is 2.20. The van der Waals surface area contributed by atoms with Crippen LogP contribution in [-0.2, 0) is 83.9 Å². The molecule has 0 aliphatic heterocycles. The molecule has 12 rings (SSSR count). The Bertz CT molecular complexity index is 4850. The third kappa shape index (κ3) is 21.1. The number of ether oxygens (including phenoxy) is 4. The number of nitrogens with two attached hydrogens (primary N) is 2. The lowest BCUT2D eigenvalue weighted by atomic mass is 9.96. The second-order valence-electron chi connectivity index (χ2n) is 25.3. The van der Waals surface area contributed by atoms with E-state index in [4.69, 9.17) is 46.3 Å². The second kappa shape index (κ2) is 36.7. The molecule has 0 saturated carbocycles. The molecule has 0 heterocycles. The minimum atomic E-state index is -0.335. The van der Waals surface area contributed by atoms with E-state index in [1.165, 1.54) is 6.07 Å². The van der Waals surface area contributed by atoms with Crippen molar-refractivity contribution in [2.45, 2.75) is 71.8 Å². The maximum Gasteiger partial charge on any atom is 0.310 e. The molecule has 0 aliphatic carbocycles. The molecule has 0 radical (unpaired) electrons. The van der Waals surface area contributed by atoms with Gasteiger partial charge in [-0.2, -0.15) is 0 Å². The van der Waals surface area contributed by atoms with Crippen molar-refractivity contribution < 1.29 is 59.1 Å². The maximum atomic E-state index is 12.9. The van der Waals surface area contributed by atoms with Crippen LogP contribution in [0.1, 0.15) is 62.6 Å². The van der Waals surface area contributed by atoms with Gasteiger partial charge in [-0.15, -0.1) is 0 Å². The Hall–Kier alpha value is -12.9. The minimum absolute atomic E-state index is 0.0308. The molecule has 0 aromatic heterocycles. The third-order valence-electron chi connectivity index (χ3n) is 17.4. The number of amidine groups is 2. The van der Waals surface area contributed by atoms with Crippen LogP contribution in [-0.4, -0.2) is 81.4 Å². The van der Waals surface area contributed by atoms with Gasteiger partial charge >= 0.3 is 11.9 Å². The highest BCUT2D eigenvalue weighted by atomic mass is 16.5. The first-order chi connectivity index (χ1) is 50.9. The number of phenols is 4. The molecule has 0 amide bonds. The zero-order valence-electron chi connectivity index (χ0n) is 58.8. The first-order valence-corrected chi connectivity index (χ1v) is 34.2. The fourth-order valence-electron chi connectivity index (χ4n) is 12.1. The van der Waals surface area contributed by atoms with Crippen molar-refractivity contribution in [3.05, 3.63) is 310 Å². The Morgan fingerprint density at radius 1 is 0.410 bits per heavy atom. The van der Waals surface area contributed by atoms with Gasteiger partial charge in [-0.25, -0.2) is 0 Å². The number of methoxy groups -OCH3 is 2. The van der Waals surface area contributed by atoms with Gasteiger partial charge in [0.1, 0.15) is 54.3 Å². The lowest BCUT2D eigenvalue weighted by molar-refractivity contribution is -0.477. The Kier molecular flexibility index (Phi) is 26.1. The van der Waals surface area contributed by atoms with Crippen LogP contribution in [0.25, 0.3) is 54.9 Å². The molecule has 0 fully saturated rings. The molecular weight excluding hydrogens is 1320 g/mol. The molecule has 0 atom stereocenters. The zero-order chi connectivity index (χ0) is 74.2. The van der Waals surface area contributed by atoms with E-state index in [9.17, 15) is 30.0 Å². The molecule has 0 spiro atoms. The van der Waals surface area contributed by atoms with Gasteiger partial charge in [-0.05, 0) is 157 Å². The van der Waals surface area contributed by atoms with Crippen LogP contribution >= 0.6 is 0 Å². The number of esters is 2. The largest absolute Gasteiger partial charge is 0.507 e. The molecule has 12 aromatic carbocycles. The highest BCUT2D eigenvalue weighted by Crippen LogP contribution is 2.41. The average Bonchev–Trinajstić information content (AvgIpc) is 0.805. The normalized spacial score (nSPS) is 11.2. The molecule has 12 aromatic rings. The first kappa shape index (κ1) is 74.8. The quantitative estimate of drug-likeness (QED) is 0.0137. The smallest absolute Gasteiger partial charge is 0.310 e. The van der Waals surface area contributed by atoms with Gasteiger partial charge < -0.3 is 61.0 Å². The van der Waals surface area contributed by atoms with Gasteiger partial charge in [0, 0.05) is 64.1 Å². The molecule has 0 unspecified atom stereocenters. The number of nitrogens with one attached hydrogen (secondary N) is 3. The molecule has 12 N–H and O–H groups in total. The first-order valence-electron chi connectivity index (χ1n) is 34.2. The van der Waals surface area contributed by atoms with Crippen LogP contribution < -0.4 is 25.9 Å². The Morgan fingerprint density at radius 3 is 1.22 bits per heavy atom. The lowest BCUT2D eigenvalue weighted by Gasteiger charge is -2.16. The minimum Gasteiger partial charge on any atom is -0.507 e. The third-order valence-corrected chi connectivity index (χ3v) is 17.4. The van der Waals surface area contributed by atoms with E-state index in [1.807, 2.05) is 206 Å². The average molecular weight is 1400 g/mol. The predicted molar refractivity (Wildman–Crippen MR) is 415 cm³/mol. The summed E-state index contributed by atoms with van der Waals surface area (Å²) >= 11 is 0. The molecule has 0 saturated heterocycles. The highest BCUT2D eigenvalue weighted by molar-refractivity contribution is 5.90. The summed E-state index contributed by atoms with van der Waals surface area (Å²) in [5, 5.41) is 69.8. The Labute approximate surface area is 610 Å². The fourth-order valence-corrected chi connectivity index (χ4v) is 12.1. The fraction of sp³-hybridized carbons (Fsp3) is 0.159. The lowest BCUT2D eigenvalue weighted by Crippen LogP contribution is -2.74. The summed E-state index contributed by atoms with van der Waals surface area (Å²) in [6.45, 7) is 2.93. The van der Waals surface area contributed by atoms with Crippen molar-refractivity contribution in [2.75, 3.05) is 20.8 Å². The van der Waals surface area contributed by atoms with Gasteiger partial charge in [-0.1, -0.05) is 182 Å². The molecule has 17 nitrogen and oxygen atoms in total. The number of phenolic OH excluding ortho intramolecular Hbond substituents is 4. The van der Waals surface area contributed by atoms with Gasteiger partial charge in [0.05, 0.1) is 52.5 Å². The Balaban J connectivity index is 0.000000178. The number of aromatic hydroxyl groups is 4. The molecule has 532 valence electrons. The zero-order valence-corrected chi connectivity index (χ0v) is 58.8. The summed E-state index contributed by atoms with van der Waals surface area (Å²) in [6.07, 6.45) is 1.85. The van der Waals surface area contributed by atoms with Crippen molar-refractivity contribution in [3.63, 3.8) is 0 Å². The monoisotopic (exact) mass is 1400 g/mol. The van der Waals surface area contributed by atoms with Crippen LogP contribution in [0.3, 0.4) is 0 Å². The van der Waals surface area contributed by atoms with E-state index in [2.05, 4.69) is 9.98 Å². The standard InChI is InChI=1S/C40H34O6.C30H30N4O2.C18H20N2O3/c1-43-37-19-17-27(23-39(41)45-25-31-13-7-11-29-9-3-5-15-33(29)31)21-35(37)36-22-28(18-20-38(36)44-2)24-40(42)46-26-32-14-8-12-30-10-4-6-16-34(30)32;31-29(33-19-21-7-3-1-4-8-21)17-23-11-13-27(35)25(15-23)26-16-24(12-14-28(26)36)18-30(32)34-20-22-9-5-2-6-10-22;1-11(19)6-12-2-4-17(22)15(8-12)16-9-13(3-5-18(16)23)7-14(20)10-21/h3-22H,23-26H2,1-2H3;1-16,35-36H,17-20H2,(H2,31,33)(H2,32,34);2-5,8-9,19-23H,6-7,10H2,1H3/p+1. The van der Waals surface area contributed by atoms with Crippen molar-refractivity contribution >= 4 is 56.6 Å². The SMILES string of the molecule is CC(=N)Cc1ccc(O)c(-c2cc(CC(=N)CO)ccc2O)c1.COc1ccc(CC(=O)OCc2cccc3ccccc23)cc1-c1cc(CC(=O)OCc2cccc3ccccc23)ccc1OC.NC(Cc1ccc(O)c(-c2cc(CC(N)=[NH+]Cc3ccccc3)ccc2O)c1)=NCc1ccccc1. The van der Waals surface area contributed by atoms with E-state index in [1.54, 1.807) is 63.6 Å². The van der Waals surface area contributed by atoms with Crippen molar-refractivity contribution in [1.82, 2.24) is 0 Å². The summed E-state index contributed by atoms with van der Waals surface area (Å²) in [7, 11) is 3.19. The molecular formula is C88H85N6O11+. The van der Waals surface area contributed by atoms with E-state index < -0.39 is 0 Å². The van der Waals surface area contributed by atoms with E-state index in [0.29, 0.717) is 83.5 Å². The number of hydrogen-bond acceptors (Lipinski definition) is 14. The number of fused-ring (bicyclic) bond motifs is 2. The summed E-state index contributed by atoms with van der Waals surface area (Å²) in [5.41, 5.74) is 25.7. The predicted octanol–water partition coefficient (Wildman–Crippen LogP) is 14.2. The van der Waals surface area contributed by atoms with Crippen molar-refractivity contribution in [1.29, 1.82) is 10.8 Å². The van der Waals surface area contributed by atoms with Crippen LogP contribution in [0.2, 0.25) is 0 Å². The topological polar surface area (TPSA) is 298 Å². The summed E-state index contributed by atoms with van der Waals surface area (Å²) in [4.78, 5) is 33.6. The summed E-state index contributed by atoms with van der Waals surface area (Å²) < 4.78 is 22.7. The van der Waals surface area contributed by atoms with E-state index in [-0.39, 0.29) is 79.7 Å². The molecule has 0 bridgehead atoms. The number of aliphatic imine (C=N–C) groups is 1. The van der Waals surface area contributed by atoms with Gasteiger partial charge in [0.25, 0.3) is 0 Å². The van der Waals surface area contributed by atoms with E-state index >= 15 is 0 Å². The van der Waals surface area contributed by atoms with Crippen molar-refractivity contribution in [2.24, 2.45) is 16.5 Å². The van der Waals surface area contributed by atoms with Gasteiger partial charge in [0.15, 0.2) is 0 Å². The number of aliphatic hydroxyl groups excluding tert-OH is 1. The van der Waals surface area contributed by atoms with E-state index in [0.717, 1.165) is 88.3 Å². The number of aliphatic hydroxyl groups is 1. The maximum absolute atomic E-state index is 12.9. The molecule has 0 aliphatic rings. The van der Waals surface area contributed by atoms with Crippen LogP contribution in [0.15, 0.2) is 260 Å². The molecule has 105 heavy (non-hydrogen) atoms. The molecule has 17 heteroatoms. The van der Waals surface area contributed by atoms with Crippen LogP contribution in [0, 0.1) is 10.8 Å². The number of carbonyl (C=O) groups is 2. The number of rotatable bonds is 26. The number of benzene rings is 12. The van der Waals surface area contributed by atoms with Crippen LogP contribution in [0.5, 0.6) is 34.5 Å². The van der Waals surface area contributed by atoms with Crippen molar-refractivity contribution in [3.8, 4) is 67.9 Å². The number of nitrogens with zero attached hydrogens (tertiary/aromatic N) is 1. The second-order valence-corrected chi connectivity index (χ2v) is 25.3. The van der Waals surface area contributed by atoms with Crippen LogP contribution in [0.4, 0.5) is 0 Å². The summed E-state index contributed by atoms with van der Waals surface area (Å²) in [5.74, 6) is 1.90. The van der Waals surface area contributed by atoms with Gasteiger partial charge in [0.2, 0.25) is 5.84 Å².